The van der Waals surface area contributed by atoms with Gasteiger partial charge in [0.2, 0.25) is 0 Å². The number of aryl methyl sites for hydroxylation is 2. The van der Waals surface area contributed by atoms with Crippen LogP contribution >= 0.6 is 0 Å². The monoisotopic (exact) mass is 385 g/mol. The highest BCUT2D eigenvalue weighted by Crippen LogP contribution is 2.24. The number of aromatic nitrogens is 5. The number of rotatable bonds is 4. The zero-order chi connectivity index (χ0) is 19.8. The van der Waals surface area contributed by atoms with E-state index in [1.165, 1.54) is 12.1 Å². The molecular weight excluding hydrogens is 369 g/mol. The van der Waals surface area contributed by atoms with Crippen molar-refractivity contribution in [1.29, 1.82) is 0 Å². The van der Waals surface area contributed by atoms with Crippen LogP contribution in [0.5, 0.6) is 0 Å². The second kappa shape index (κ2) is 6.94. The fourth-order valence-corrected chi connectivity index (χ4v) is 3.43. The first-order valence-electron chi connectivity index (χ1n) is 9.24. The zero-order valence-electron chi connectivity index (χ0n) is 15.4. The van der Waals surface area contributed by atoms with Gasteiger partial charge in [0.15, 0.2) is 11.2 Å². The first-order chi connectivity index (χ1) is 14.2. The Morgan fingerprint density at radius 1 is 0.931 bits per heavy atom. The fourth-order valence-electron chi connectivity index (χ4n) is 3.43. The third-order valence-electron chi connectivity index (χ3n) is 4.97. The topological polar surface area (TPSA) is 65.1 Å². The lowest BCUT2D eigenvalue weighted by Crippen LogP contribution is -2.22. The minimum absolute atomic E-state index is 0.202. The summed E-state index contributed by atoms with van der Waals surface area (Å²) in [6.07, 6.45) is 4.16. The largest absolute Gasteiger partial charge is 0.313 e. The lowest BCUT2D eigenvalue weighted by molar-refractivity contribution is 0.628. The second-order valence-corrected chi connectivity index (χ2v) is 6.78. The second-order valence-electron chi connectivity index (χ2n) is 6.78. The maximum atomic E-state index is 13.2. The number of hydrogen-bond donors (Lipinski definition) is 0. The van der Waals surface area contributed by atoms with Crippen LogP contribution in [0, 0.1) is 5.82 Å². The molecule has 0 saturated heterocycles. The zero-order valence-corrected chi connectivity index (χ0v) is 15.4. The van der Waals surface area contributed by atoms with E-state index >= 15 is 0 Å². The predicted octanol–water partition coefficient (Wildman–Crippen LogP) is 3.49. The van der Waals surface area contributed by atoms with E-state index < -0.39 is 0 Å². The van der Waals surface area contributed by atoms with Crippen LogP contribution in [0.3, 0.4) is 0 Å². The van der Waals surface area contributed by atoms with E-state index in [0.29, 0.717) is 17.7 Å². The molecule has 29 heavy (non-hydrogen) atoms. The molecule has 2 aromatic carbocycles. The molecule has 0 saturated carbocycles. The number of benzene rings is 2. The van der Waals surface area contributed by atoms with Gasteiger partial charge in [-0.2, -0.15) is 5.10 Å². The minimum atomic E-state index is -0.308. The summed E-state index contributed by atoms with van der Waals surface area (Å²) >= 11 is 0. The molecule has 7 heteroatoms. The van der Waals surface area contributed by atoms with Gasteiger partial charge in [-0.05, 0) is 35.7 Å². The molecule has 6 nitrogen and oxygen atoms in total. The highest BCUT2D eigenvalue weighted by atomic mass is 19.1. The Hall–Kier alpha value is -3.87. The molecule has 0 spiro atoms. The average molecular weight is 385 g/mol. The first kappa shape index (κ1) is 17.2. The lowest BCUT2D eigenvalue weighted by atomic mass is 10.1. The number of hydrogen-bond acceptors (Lipinski definition) is 4. The van der Waals surface area contributed by atoms with Crippen molar-refractivity contribution < 1.29 is 4.39 Å². The molecule has 5 aromatic rings. The van der Waals surface area contributed by atoms with Crippen molar-refractivity contribution in [1.82, 2.24) is 24.4 Å². The number of nitrogens with zero attached hydrogens (tertiary/aromatic N) is 5. The van der Waals surface area contributed by atoms with Crippen molar-refractivity contribution >= 4 is 16.7 Å². The van der Waals surface area contributed by atoms with Gasteiger partial charge in [-0.3, -0.25) is 4.79 Å². The van der Waals surface area contributed by atoms with Gasteiger partial charge in [0.25, 0.3) is 5.56 Å². The van der Waals surface area contributed by atoms with Crippen LogP contribution in [0.2, 0.25) is 0 Å². The number of fused-ring (bicyclic) bond motifs is 3. The van der Waals surface area contributed by atoms with Crippen molar-refractivity contribution in [3.05, 3.63) is 94.8 Å². The van der Waals surface area contributed by atoms with E-state index in [4.69, 9.17) is 0 Å². The predicted molar refractivity (Wildman–Crippen MR) is 108 cm³/mol. The summed E-state index contributed by atoms with van der Waals surface area (Å²) < 4.78 is 16.5. The van der Waals surface area contributed by atoms with E-state index in [0.717, 1.165) is 23.1 Å². The quantitative estimate of drug-likeness (QED) is 0.475. The molecule has 0 unspecified atom stereocenters. The van der Waals surface area contributed by atoms with E-state index in [-0.39, 0.29) is 16.9 Å². The number of pyridine rings is 1. The van der Waals surface area contributed by atoms with Crippen molar-refractivity contribution in [3.63, 3.8) is 0 Å². The molecule has 0 N–H and O–H groups in total. The van der Waals surface area contributed by atoms with Crippen molar-refractivity contribution in [2.45, 2.75) is 13.0 Å². The Morgan fingerprint density at radius 3 is 2.52 bits per heavy atom. The van der Waals surface area contributed by atoms with Gasteiger partial charge in [0, 0.05) is 18.3 Å². The molecule has 3 aromatic heterocycles. The highest BCUT2D eigenvalue weighted by molar-refractivity contribution is 5.82. The summed E-state index contributed by atoms with van der Waals surface area (Å²) in [6, 6.07) is 17.9. The molecule has 0 amide bonds. The normalized spacial score (nSPS) is 11.3. The highest BCUT2D eigenvalue weighted by Gasteiger charge is 2.14. The van der Waals surface area contributed by atoms with E-state index in [1.807, 2.05) is 36.4 Å². The SMILES string of the molecule is O=c1c2nnc3c(-c4ccc(F)cc4)cnn3c2ccn1CCc1ccccc1. The van der Waals surface area contributed by atoms with Gasteiger partial charge in [-0.1, -0.05) is 42.5 Å². The van der Waals surface area contributed by atoms with Crippen molar-refractivity contribution in [2.75, 3.05) is 0 Å². The summed E-state index contributed by atoms with van der Waals surface area (Å²) in [5.41, 5.74) is 3.85. The Morgan fingerprint density at radius 2 is 1.72 bits per heavy atom. The van der Waals surface area contributed by atoms with Crippen LogP contribution in [-0.2, 0) is 13.0 Å². The molecule has 0 fully saturated rings. The van der Waals surface area contributed by atoms with Crippen LogP contribution in [-0.4, -0.2) is 24.4 Å². The summed E-state index contributed by atoms with van der Waals surface area (Å²) in [7, 11) is 0. The molecule has 0 radical (unpaired) electrons. The minimum Gasteiger partial charge on any atom is -0.313 e. The Labute approximate surface area is 164 Å². The average Bonchev–Trinajstić information content (AvgIpc) is 3.19. The summed E-state index contributed by atoms with van der Waals surface area (Å²) in [4.78, 5) is 12.9. The lowest BCUT2D eigenvalue weighted by Gasteiger charge is -2.07. The summed E-state index contributed by atoms with van der Waals surface area (Å²) in [5.74, 6) is -0.308. The van der Waals surface area contributed by atoms with Gasteiger partial charge in [0.1, 0.15) is 11.3 Å². The maximum absolute atomic E-state index is 13.2. The van der Waals surface area contributed by atoms with Gasteiger partial charge in [-0.15, -0.1) is 10.2 Å². The third-order valence-corrected chi connectivity index (χ3v) is 4.97. The molecule has 0 bridgehead atoms. The Balaban J connectivity index is 1.55. The van der Waals surface area contributed by atoms with Gasteiger partial charge < -0.3 is 4.57 Å². The summed E-state index contributed by atoms with van der Waals surface area (Å²) in [6.45, 7) is 0.554. The third kappa shape index (κ3) is 3.06. The Bertz CT molecular complexity index is 1370. The molecule has 0 atom stereocenters. The van der Waals surface area contributed by atoms with Crippen LogP contribution in [0.4, 0.5) is 4.39 Å². The summed E-state index contributed by atoms with van der Waals surface area (Å²) in [5, 5.41) is 12.8. The smallest absolute Gasteiger partial charge is 0.280 e. The number of halogens is 1. The van der Waals surface area contributed by atoms with Crippen LogP contribution < -0.4 is 5.56 Å². The van der Waals surface area contributed by atoms with Gasteiger partial charge >= 0.3 is 0 Å². The fraction of sp³-hybridized carbons (Fsp3) is 0.0909. The standard InChI is InChI=1S/C22H16FN5O/c23-17-8-6-16(7-9-17)18-14-24-28-19-11-13-27(12-10-15-4-2-1-3-5-15)22(29)20(19)25-26-21(18)28/h1-9,11,13-14H,10,12H2. The Kier molecular flexibility index (Phi) is 4.13. The molecule has 0 aliphatic rings. The van der Waals surface area contributed by atoms with E-state index in [1.54, 1.807) is 33.6 Å². The molecule has 5 rings (SSSR count). The molecule has 142 valence electrons. The van der Waals surface area contributed by atoms with Crippen LogP contribution in [0.15, 0.2) is 77.9 Å². The molecule has 0 aliphatic carbocycles. The van der Waals surface area contributed by atoms with Gasteiger partial charge in [-0.25, -0.2) is 8.91 Å². The first-order valence-corrected chi connectivity index (χ1v) is 9.24. The van der Waals surface area contributed by atoms with E-state index in [2.05, 4.69) is 15.3 Å². The van der Waals surface area contributed by atoms with Crippen molar-refractivity contribution in [2.24, 2.45) is 0 Å². The maximum Gasteiger partial charge on any atom is 0.280 e. The molecule has 3 heterocycles. The van der Waals surface area contributed by atoms with Crippen LogP contribution in [0.25, 0.3) is 27.8 Å². The van der Waals surface area contributed by atoms with Gasteiger partial charge in [0.05, 0.1) is 6.20 Å². The molecule has 0 aliphatic heterocycles. The van der Waals surface area contributed by atoms with Crippen molar-refractivity contribution in [3.8, 4) is 11.1 Å². The van der Waals surface area contributed by atoms with E-state index in [9.17, 15) is 9.18 Å². The molecular formula is C22H16FN5O. The van der Waals surface area contributed by atoms with Crippen LogP contribution in [0.1, 0.15) is 5.56 Å².